The maximum absolute atomic E-state index is 11.9. The highest BCUT2D eigenvalue weighted by Gasteiger charge is 2.26. The molecule has 0 radical (unpaired) electrons. The zero-order chi connectivity index (χ0) is 14.0. The Balaban J connectivity index is 1.89. The van der Waals surface area contributed by atoms with Crippen LogP contribution in [0.4, 0.5) is 15.5 Å². The zero-order valence-corrected chi connectivity index (χ0v) is 12.4. The van der Waals surface area contributed by atoms with Gasteiger partial charge in [0.15, 0.2) is 0 Å². The summed E-state index contributed by atoms with van der Waals surface area (Å²) < 4.78 is 9.43. The minimum atomic E-state index is -0.448. The number of hydrogen-bond acceptors (Lipinski definition) is 6. The van der Waals surface area contributed by atoms with Crippen LogP contribution in [-0.4, -0.2) is 47.1 Å². The minimum absolute atomic E-state index is 0.246. The number of amides is 1. The van der Waals surface area contributed by atoms with Crippen LogP contribution in [-0.2, 0) is 4.74 Å². The molecule has 0 bridgehead atoms. The summed E-state index contributed by atoms with van der Waals surface area (Å²) in [5.41, 5.74) is 6.11. The van der Waals surface area contributed by atoms with Crippen molar-refractivity contribution < 1.29 is 9.53 Å². The fourth-order valence-corrected chi connectivity index (χ4v) is 2.62. The molecule has 2 rings (SSSR count). The highest BCUT2D eigenvalue weighted by atomic mass is 32.1. The number of nitrogens with two attached hydrogens (primary N) is 1. The monoisotopic (exact) mass is 284 g/mol. The molecule has 1 aromatic heterocycles. The van der Waals surface area contributed by atoms with Gasteiger partial charge in [-0.05, 0) is 32.3 Å². The number of nitrogen functional groups attached to an aromatic ring is 1. The molecule has 1 saturated heterocycles. The molecular weight excluding hydrogens is 264 g/mol. The van der Waals surface area contributed by atoms with E-state index in [0.29, 0.717) is 18.8 Å². The van der Waals surface area contributed by atoms with Crippen molar-refractivity contribution in [3.8, 4) is 0 Å². The average molecular weight is 284 g/mol. The lowest BCUT2D eigenvalue weighted by molar-refractivity contribution is 0.0241. The number of anilines is 2. The van der Waals surface area contributed by atoms with Gasteiger partial charge in [0, 0.05) is 26.2 Å². The van der Waals surface area contributed by atoms with Gasteiger partial charge in [-0.1, -0.05) is 0 Å². The van der Waals surface area contributed by atoms with E-state index < -0.39 is 5.60 Å². The number of rotatable bonds is 1. The van der Waals surface area contributed by atoms with E-state index in [-0.39, 0.29) is 6.09 Å². The molecule has 6 nitrogen and oxygen atoms in total. The molecule has 7 heteroatoms. The first-order valence-corrected chi connectivity index (χ1v) is 7.07. The van der Waals surface area contributed by atoms with Crippen LogP contribution in [0.5, 0.6) is 0 Å². The van der Waals surface area contributed by atoms with Crippen LogP contribution in [0.25, 0.3) is 0 Å². The summed E-state index contributed by atoms with van der Waals surface area (Å²) in [6, 6.07) is 0. The second-order valence-corrected chi connectivity index (χ2v) is 6.32. The van der Waals surface area contributed by atoms with Crippen LogP contribution in [0.1, 0.15) is 20.8 Å². The van der Waals surface area contributed by atoms with Gasteiger partial charge in [-0.25, -0.2) is 4.79 Å². The number of aromatic nitrogens is 1. The van der Waals surface area contributed by atoms with Crippen molar-refractivity contribution in [1.82, 2.24) is 9.27 Å². The van der Waals surface area contributed by atoms with Crippen molar-refractivity contribution in [2.24, 2.45) is 0 Å². The highest BCUT2D eigenvalue weighted by Crippen LogP contribution is 2.28. The van der Waals surface area contributed by atoms with Gasteiger partial charge in [0.25, 0.3) is 0 Å². The van der Waals surface area contributed by atoms with E-state index >= 15 is 0 Å². The molecule has 1 fully saturated rings. The summed E-state index contributed by atoms with van der Waals surface area (Å²) in [5.74, 6) is 0. The number of carbonyl (C=O) groups is 1. The fraction of sp³-hybridized carbons (Fsp3) is 0.667. The van der Waals surface area contributed by atoms with E-state index in [1.807, 2.05) is 20.8 Å². The normalized spacial score (nSPS) is 16.6. The number of piperazine rings is 1. The van der Waals surface area contributed by atoms with Crippen molar-refractivity contribution in [3.05, 3.63) is 6.20 Å². The van der Waals surface area contributed by atoms with Gasteiger partial charge in [0.2, 0.25) is 0 Å². The molecule has 19 heavy (non-hydrogen) atoms. The smallest absolute Gasteiger partial charge is 0.410 e. The SMILES string of the molecule is CC(C)(C)OC(=O)N1CCN(c2sncc2N)CC1. The summed E-state index contributed by atoms with van der Waals surface area (Å²) in [7, 11) is 0. The first-order chi connectivity index (χ1) is 8.87. The standard InChI is InChI=1S/C12H20N4O2S/c1-12(2,3)18-11(17)16-6-4-15(5-7-16)10-9(13)8-14-19-10/h8H,4-7,13H2,1-3H3. The number of nitrogens with zero attached hydrogens (tertiary/aromatic N) is 3. The Bertz CT molecular complexity index is 447. The van der Waals surface area contributed by atoms with Crippen molar-refractivity contribution in [3.63, 3.8) is 0 Å². The molecule has 2 N–H and O–H groups in total. The Kier molecular flexibility index (Phi) is 3.84. The van der Waals surface area contributed by atoms with Crippen LogP contribution in [0.3, 0.4) is 0 Å². The molecule has 0 saturated carbocycles. The Morgan fingerprint density at radius 1 is 1.37 bits per heavy atom. The van der Waals surface area contributed by atoms with Gasteiger partial charge in [-0.15, -0.1) is 0 Å². The van der Waals surface area contributed by atoms with Crippen LogP contribution < -0.4 is 10.6 Å². The topological polar surface area (TPSA) is 71.7 Å². The number of ether oxygens (including phenoxy) is 1. The van der Waals surface area contributed by atoms with Crippen molar-refractivity contribution in [1.29, 1.82) is 0 Å². The second kappa shape index (κ2) is 5.24. The summed E-state index contributed by atoms with van der Waals surface area (Å²) >= 11 is 1.39. The van der Waals surface area contributed by atoms with E-state index in [4.69, 9.17) is 10.5 Å². The van der Waals surface area contributed by atoms with E-state index in [1.54, 1.807) is 11.1 Å². The largest absolute Gasteiger partial charge is 0.444 e. The average Bonchev–Trinajstić information content (AvgIpc) is 2.73. The molecule has 2 heterocycles. The van der Waals surface area contributed by atoms with Crippen molar-refractivity contribution >= 4 is 28.3 Å². The predicted molar refractivity (Wildman–Crippen MR) is 76.5 cm³/mol. The molecule has 0 unspecified atom stereocenters. The Hall–Kier alpha value is -1.50. The van der Waals surface area contributed by atoms with E-state index in [0.717, 1.165) is 18.1 Å². The van der Waals surface area contributed by atoms with Crippen LogP contribution in [0.15, 0.2) is 6.20 Å². The van der Waals surface area contributed by atoms with Crippen LogP contribution >= 0.6 is 11.5 Å². The maximum atomic E-state index is 11.9. The molecule has 1 aliphatic heterocycles. The molecule has 1 aromatic rings. The summed E-state index contributed by atoms with van der Waals surface area (Å²) in [6.07, 6.45) is 1.42. The van der Waals surface area contributed by atoms with E-state index in [2.05, 4.69) is 9.27 Å². The third-order valence-corrected chi connectivity index (χ3v) is 3.67. The first-order valence-electron chi connectivity index (χ1n) is 6.30. The lowest BCUT2D eigenvalue weighted by atomic mass is 10.2. The maximum Gasteiger partial charge on any atom is 0.410 e. The molecule has 0 spiro atoms. The van der Waals surface area contributed by atoms with Crippen LogP contribution in [0.2, 0.25) is 0 Å². The van der Waals surface area contributed by atoms with Crippen molar-refractivity contribution in [2.45, 2.75) is 26.4 Å². The molecule has 0 atom stereocenters. The molecule has 0 aromatic carbocycles. The first kappa shape index (κ1) is 13.9. The Morgan fingerprint density at radius 3 is 2.47 bits per heavy atom. The highest BCUT2D eigenvalue weighted by molar-refractivity contribution is 7.10. The lowest BCUT2D eigenvalue weighted by Crippen LogP contribution is -2.50. The van der Waals surface area contributed by atoms with Crippen LogP contribution in [0, 0.1) is 0 Å². The summed E-state index contributed by atoms with van der Waals surface area (Å²) in [6.45, 7) is 8.42. The minimum Gasteiger partial charge on any atom is -0.444 e. The van der Waals surface area contributed by atoms with Gasteiger partial charge >= 0.3 is 6.09 Å². The van der Waals surface area contributed by atoms with E-state index in [1.165, 1.54) is 11.5 Å². The third-order valence-electron chi connectivity index (χ3n) is 2.80. The lowest BCUT2D eigenvalue weighted by Gasteiger charge is -2.36. The van der Waals surface area contributed by atoms with E-state index in [9.17, 15) is 4.79 Å². The fourth-order valence-electron chi connectivity index (χ4n) is 1.90. The second-order valence-electron chi connectivity index (χ2n) is 5.54. The Morgan fingerprint density at radius 2 is 2.00 bits per heavy atom. The molecule has 106 valence electrons. The van der Waals surface area contributed by atoms with Gasteiger partial charge in [0.1, 0.15) is 10.6 Å². The van der Waals surface area contributed by atoms with Gasteiger partial charge in [-0.3, -0.25) is 0 Å². The van der Waals surface area contributed by atoms with Gasteiger partial charge in [-0.2, -0.15) is 4.37 Å². The molecular formula is C12H20N4O2S. The summed E-state index contributed by atoms with van der Waals surface area (Å²) in [4.78, 5) is 15.8. The quantitative estimate of drug-likeness (QED) is 0.851. The Labute approximate surface area is 117 Å². The predicted octanol–water partition coefficient (Wildman–Crippen LogP) is 1.78. The zero-order valence-electron chi connectivity index (χ0n) is 11.5. The van der Waals surface area contributed by atoms with Gasteiger partial charge in [0.05, 0.1) is 11.9 Å². The van der Waals surface area contributed by atoms with Crippen molar-refractivity contribution in [2.75, 3.05) is 36.8 Å². The number of hydrogen-bond donors (Lipinski definition) is 1. The molecule has 1 amide bonds. The number of carbonyl (C=O) groups excluding carboxylic acids is 1. The molecule has 0 aliphatic carbocycles. The third kappa shape index (κ3) is 3.50. The van der Waals surface area contributed by atoms with Gasteiger partial charge < -0.3 is 20.3 Å². The molecule has 1 aliphatic rings. The summed E-state index contributed by atoms with van der Waals surface area (Å²) in [5, 5.41) is 0.990.